The summed E-state index contributed by atoms with van der Waals surface area (Å²) in [6.07, 6.45) is 3.95. The van der Waals surface area contributed by atoms with Crippen LogP contribution in [0.5, 0.6) is 0 Å². The predicted molar refractivity (Wildman–Crippen MR) is 66.3 cm³/mol. The number of rotatable bonds is 8. The average molecular weight is 230 g/mol. The minimum Gasteiger partial charge on any atom is -0.396 e. The van der Waals surface area contributed by atoms with Gasteiger partial charge in [0, 0.05) is 18.7 Å². The van der Waals surface area contributed by atoms with Crippen molar-refractivity contribution in [2.75, 3.05) is 19.7 Å². The Labute approximate surface area is 98.8 Å². The zero-order valence-corrected chi connectivity index (χ0v) is 10.8. The lowest BCUT2D eigenvalue weighted by atomic mass is 10.1. The molecule has 0 unspecified atom stereocenters. The van der Waals surface area contributed by atoms with Crippen LogP contribution in [0.25, 0.3) is 0 Å². The Morgan fingerprint density at radius 3 is 2.31 bits per heavy atom. The molecule has 4 heteroatoms. The number of hydrogen-bond donors (Lipinski definition) is 3. The molecule has 0 aliphatic carbocycles. The second kappa shape index (κ2) is 8.53. The third-order valence-corrected chi connectivity index (χ3v) is 2.19. The normalized spacial score (nSPS) is 11.5. The number of carbonyl (C=O) groups is 1. The van der Waals surface area contributed by atoms with Crippen LogP contribution in [0.4, 0.5) is 0 Å². The maximum absolute atomic E-state index is 11.4. The van der Waals surface area contributed by atoms with E-state index in [9.17, 15) is 4.79 Å². The number of nitrogens with one attached hydrogen (secondary N) is 2. The summed E-state index contributed by atoms with van der Waals surface area (Å²) in [6, 6.07) is 0. The molecule has 0 saturated carbocycles. The first-order valence-electron chi connectivity index (χ1n) is 6.08. The van der Waals surface area contributed by atoms with Crippen LogP contribution in [0, 0.1) is 0 Å². The third-order valence-electron chi connectivity index (χ3n) is 2.19. The monoisotopic (exact) mass is 230 g/mol. The number of hydrogen-bond acceptors (Lipinski definition) is 3. The van der Waals surface area contributed by atoms with Gasteiger partial charge in [0.25, 0.3) is 0 Å². The Morgan fingerprint density at radius 2 is 1.75 bits per heavy atom. The summed E-state index contributed by atoms with van der Waals surface area (Å²) in [6.45, 7) is 7.48. The summed E-state index contributed by atoms with van der Waals surface area (Å²) in [4.78, 5) is 11.4. The van der Waals surface area contributed by atoms with Gasteiger partial charge in [0.05, 0.1) is 6.54 Å². The van der Waals surface area contributed by atoms with Crippen LogP contribution in [-0.4, -0.2) is 36.2 Å². The highest BCUT2D eigenvalue weighted by molar-refractivity contribution is 5.78. The van der Waals surface area contributed by atoms with Gasteiger partial charge in [0.2, 0.25) is 5.91 Å². The molecule has 1 amide bonds. The van der Waals surface area contributed by atoms with E-state index in [0.717, 1.165) is 32.2 Å². The van der Waals surface area contributed by atoms with E-state index in [2.05, 4.69) is 10.6 Å². The number of amides is 1. The number of unbranched alkanes of at least 4 members (excludes halogenated alkanes) is 3. The van der Waals surface area contributed by atoms with Crippen LogP contribution < -0.4 is 10.6 Å². The summed E-state index contributed by atoms with van der Waals surface area (Å²) in [5, 5.41) is 14.6. The highest BCUT2D eigenvalue weighted by Gasteiger charge is 2.10. The lowest BCUT2D eigenvalue weighted by Crippen LogP contribution is -2.43. The average Bonchev–Trinajstić information content (AvgIpc) is 2.19. The summed E-state index contributed by atoms with van der Waals surface area (Å²) in [5.74, 6) is 0.0529. The van der Waals surface area contributed by atoms with Gasteiger partial charge in [0.1, 0.15) is 0 Å². The van der Waals surface area contributed by atoms with E-state index in [4.69, 9.17) is 5.11 Å². The van der Waals surface area contributed by atoms with E-state index >= 15 is 0 Å². The van der Waals surface area contributed by atoms with Gasteiger partial charge in [-0.05, 0) is 33.6 Å². The van der Waals surface area contributed by atoms with Crippen molar-refractivity contribution in [2.24, 2.45) is 0 Å². The van der Waals surface area contributed by atoms with Gasteiger partial charge in [-0.25, -0.2) is 0 Å². The summed E-state index contributed by atoms with van der Waals surface area (Å²) in [5.41, 5.74) is -0.0154. The molecule has 0 aromatic heterocycles. The second-order valence-corrected chi connectivity index (χ2v) is 5.09. The SMILES string of the molecule is CC(C)(C)NCC(=O)NCCCCCCO. The van der Waals surface area contributed by atoms with Gasteiger partial charge in [-0.15, -0.1) is 0 Å². The molecule has 0 aliphatic rings. The number of aliphatic hydroxyl groups is 1. The summed E-state index contributed by atoms with van der Waals surface area (Å²) >= 11 is 0. The Kier molecular flexibility index (Phi) is 8.21. The van der Waals surface area contributed by atoms with Crippen LogP contribution in [0.15, 0.2) is 0 Å². The molecule has 96 valence electrons. The molecular formula is C12H26N2O2. The quantitative estimate of drug-likeness (QED) is 0.546. The largest absolute Gasteiger partial charge is 0.396 e. The Balaban J connectivity index is 3.31. The predicted octanol–water partition coefficient (Wildman–Crippen LogP) is 1.04. The third kappa shape index (κ3) is 11.5. The highest BCUT2D eigenvalue weighted by Crippen LogP contribution is 1.98. The molecule has 0 aromatic carbocycles. The summed E-state index contributed by atoms with van der Waals surface area (Å²) < 4.78 is 0. The van der Waals surface area contributed by atoms with E-state index in [1.54, 1.807) is 0 Å². The lowest BCUT2D eigenvalue weighted by Gasteiger charge is -2.19. The maximum atomic E-state index is 11.4. The molecule has 16 heavy (non-hydrogen) atoms. The van der Waals surface area contributed by atoms with E-state index in [1.807, 2.05) is 20.8 Å². The zero-order valence-electron chi connectivity index (χ0n) is 10.8. The van der Waals surface area contributed by atoms with Crippen molar-refractivity contribution in [2.45, 2.75) is 52.0 Å². The molecule has 0 heterocycles. The molecule has 0 aliphatic heterocycles. The molecule has 0 bridgehead atoms. The van der Waals surface area contributed by atoms with Crippen molar-refractivity contribution in [3.8, 4) is 0 Å². The molecule has 0 saturated heterocycles. The minimum absolute atomic E-state index is 0.0154. The van der Waals surface area contributed by atoms with E-state index in [0.29, 0.717) is 6.54 Å². The van der Waals surface area contributed by atoms with Gasteiger partial charge in [-0.3, -0.25) is 4.79 Å². The van der Waals surface area contributed by atoms with Crippen molar-refractivity contribution < 1.29 is 9.90 Å². The fraction of sp³-hybridized carbons (Fsp3) is 0.917. The molecular weight excluding hydrogens is 204 g/mol. The molecule has 0 fully saturated rings. The Bertz CT molecular complexity index is 188. The van der Waals surface area contributed by atoms with E-state index in [-0.39, 0.29) is 18.1 Å². The van der Waals surface area contributed by atoms with Crippen LogP contribution >= 0.6 is 0 Å². The molecule has 0 spiro atoms. The van der Waals surface area contributed by atoms with Gasteiger partial charge < -0.3 is 15.7 Å². The van der Waals surface area contributed by atoms with Crippen molar-refractivity contribution in [1.29, 1.82) is 0 Å². The molecule has 0 atom stereocenters. The smallest absolute Gasteiger partial charge is 0.233 e. The molecule has 3 N–H and O–H groups in total. The lowest BCUT2D eigenvalue weighted by molar-refractivity contribution is -0.120. The van der Waals surface area contributed by atoms with Crippen LogP contribution in [0.1, 0.15) is 46.5 Å². The number of carbonyl (C=O) groups excluding carboxylic acids is 1. The van der Waals surface area contributed by atoms with Crippen LogP contribution in [0.2, 0.25) is 0 Å². The first-order valence-corrected chi connectivity index (χ1v) is 6.08. The molecule has 0 radical (unpaired) electrons. The fourth-order valence-corrected chi connectivity index (χ4v) is 1.23. The van der Waals surface area contributed by atoms with Gasteiger partial charge in [-0.2, -0.15) is 0 Å². The highest BCUT2D eigenvalue weighted by atomic mass is 16.2. The van der Waals surface area contributed by atoms with Crippen molar-refractivity contribution >= 4 is 5.91 Å². The Morgan fingerprint density at radius 1 is 1.12 bits per heavy atom. The van der Waals surface area contributed by atoms with Crippen molar-refractivity contribution in [3.05, 3.63) is 0 Å². The fourth-order valence-electron chi connectivity index (χ4n) is 1.23. The second-order valence-electron chi connectivity index (χ2n) is 5.09. The first kappa shape index (κ1) is 15.4. The standard InChI is InChI=1S/C12H26N2O2/c1-12(2,3)14-10-11(16)13-8-6-4-5-7-9-15/h14-15H,4-10H2,1-3H3,(H,13,16). The molecule has 0 rings (SSSR count). The maximum Gasteiger partial charge on any atom is 0.233 e. The zero-order chi connectivity index (χ0) is 12.4. The van der Waals surface area contributed by atoms with Gasteiger partial charge >= 0.3 is 0 Å². The minimum atomic E-state index is -0.0154. The van der Waals surface area contributed by atoms with Gasteiger partial charge in [-0.1, -0.05) is 12.8 Å². The summed E-state index contributed by atoms with van der Waals surface area (Å²) in [7, 11) is 0. The van der Waals surface area contributed by atoms with E-state index < -0.39 is 0 Å². The van der Waals surface area contributed by atoms with Gasteiger partial charge in [0.15, 0.2) is 0 Å². The molecule has 4 nitrogen and oxygen atoms in total. The first-order chi connectivity index (χ1) is 7.45. The van der Waals surface area contributed by atoms with E-state index in [1.165, 1.54) is 0 Å². The molecule has 0 aromatic rings. The number of aliphatic hydroxyl groups excluding tert-OH is 1. The van der Waals surface area contributed by atoms with Crippen LogP contribution in [0.3, 0.4) is 0 Å². The Hall–Kier alpha value is -0.610. The van der Waals surface area contributed by atoms with Crippen LogP contribution in [-0.2, 0) is 4.79 Å². The van der Waals surface area contributed by atoms with Crippen molar-refractivity contribution in [1.82, 2.24) is 10.6 Å². The topological polar surface area (TPSA) is 61.4 Å². The van der Waals surface area contributed by atoms with Crippen molar-refractivity contribution in [3.63, 3.8) is 0 Å².